The molecule has 0 atom stereocenters. The summed E-state index contributed by atoms with van der Waals surface area (Å²) in [5.74, 6) is 0.992. The zero-order valence-electron chi connectivity index (χ0n) is 16.9. The van der Waals surface area contributed by atoms with Crippen LogP contribution in [0, 0.1) is 0 Å². The van der Waals surface area contributed by atoms with Gasteiger partial charge < -0.3 is 5.32 Å². The van der Waals surface area contributed by atoms with E-state index in [1.54, 1.807) is 12.1 Å². The summed E-state index contributed by atoms with van der Waals surface area (Å²) in [6.45, 7) is 3.08. The van der Waals surface area contributed by atoms with E-state index in [4.69, 9.17) is 0 Å². The molecule has 9 heteroatoms. The highest BCUT2D eigenvalue weighted by Gasteiger charge is 2.11. The lowest BCUT2D eigenvalue weighted by Gasteiger charge is -2.09. The van der Waals surface area contributed by atoms with E-state index in [0.717, 1.165) is 35.1 Å². The Morgan fingerprint density at radius 2 is 1.80 bits per heavy atom. The smallest absolute Gasteiger partial charge is 0.208 e. The minimum atomic E-state index is -3.19. The molecule has 158 valence electrons. The summed E-state index contributed by atoms with van der Waals surface area (Å²) < 4.78 is 24.7. The summed E-state index contributed by atoms with van der Waals surface area (Å²) in [6.07, 6.45) is 1.70. The summed E-state index contributed by atoms with van der Waals surface area (Å²) in [6, 6.07) is 15.0. The zero-order chi connectivity index (χ0) is 21.6. The van der Waals surface area contributed by atoms with E-state index in [1.807, 2.05) is 43.3 Å². The number of thioether (sulfide) groups is 1. The fraction of sp³-hybridized carbons (Fsp3) is 0.286. The van der Waals surface area contributed by atoms with Crippen LogP contribution >= 0.6 is 11.8 Å². The van der Waals surface area contributed by atoms with Crippen LogP contribution in [0.2, 0.25) is 0 Å². The summed E-state index contributed by atoms with van der Waals surface area (Å²) in [7, 11) is -3.19. The van der Waals surface area contributed by atoms with Crippen molar-refractivity contribution in [2.24, 2.45) is 0 Å². The number of aromatic nitrogens is 2. The molecule has 30 heavy (non-hydrogen) atoms. The lowest BCUT2D eigenvalue weighted by molar-refractivity contribution is 0.102. The Morgan fingerprint density at radius 3 is 2.50 bits per heavy atom. The maximum Gasteiger partial charge on any atom is 0.208 e. The number of carbonyl (C=O) groups is 1. The summed E-state index contributed by atoms with van der Waals surface area (Å²) >= 11 is 1.31. The van der Waals surface area contributed by atoms with Crippen molar-refractivity contribution in [3.05, 3.63) is 59.7 Å². The third-order valence-electron chi connectivity index (χ3n) is 4.31. The van der Waals surface area contributed by atoms with Crippen LogP contribution in [0.1, 0.15) is 22.8 Å². The number of rotatable bonds is 10. The van der Waals surface area contributed by atoms with Gasteiger partial charge in [-0.15, -0.1) is 0 Å². The van der Waals surface area contributed by atoms with Crippen LogP contribution in [0.4, 0.5) is 5.82 Å². The largest absolute Gasteiger partial charge is 0.370 e. The van der Waals surface area contributed by atoms with Crippen LogP contribution < -0.4 is 10.0 Å². The molecule has 0 saturated heterocycles. The number of Topliss-reactive ketones (excluding diaryl/α,β-unsaturated/α-hetero) is 1. The molecular weight excluding hydrogens is 420 g/mol. The van der Waals surface area contributed by atoms with Crippen molar-refractivity contribution in [3.8, 4) is 0 Å². The highest BCUT2D eigenvalue weighted by molar-refractivity contribution is 7.99. The number of hydrogen-bond donors (Lipinski definition) is 2. The zero-order valence-corrected chi connectivity index (χ0v) is 18.5. The molecule has 2 aromatic carbocycles. The first-order valence-electron chi connectivity index (χ1n) is 9.56. The standard InChI is InChI=1S/C21H24N4O3S2/c1-3-22-20-17-6-4-5-7-18(17)24-21(25-20)29-14-19(26)16-10-8-15(9-11-16)12-13-23-30(2,27)28/h4-11,23H,3,12-14H2,1-2H3,(H,22,24,25). The number of sulfonamides is 1. The van der Waals surface area contributed by atoms with Crippen molar-refractivity contribution in [2.45, 2.75) is 18.5 Å². The molecule has 0 spiro atoms. The number of para-hydroxylation sites is 1. The minimum absolute atomic E-state index is 0.0115. The molecule has 2 N–H and O–H groups in total. The van der Waals surface area contributed by atoms with Crippen LogP contribution in [0.15, 0.2) is 53.7 Å². The molecule has 7 nitrogen and oxygen atoms in total. The number of fused-ring (bicyclic) bond motifs is 1. The molecule has 0 bridgehead atoms. The minimum Gasteiger partial charge on any atom is -0.370 e. The Bertz CT molecular complexity index is 1130. The van der Waals surface area contributed by atoms with E-state index in [2.05, 4.69) is 20.0 Å². The van der Waals surface area contributed by atoms with Crippen molar-refractivity contribution in [2.75, 3.05) is 30.4 Å². The van der Waals surface area contributed by atoms with Crippen LogP contribution in [0.25, 0.3) is 10.9 Å². The van der Waals surface area contributed by atoms with Gasteiger partial charge in [0.1, 0.15) is 5.82 Å². The number of ketones is 1. The SMILES string of the molecule is CCNc1nc(SCC(=O)c2ccc(CCNS(C)(=O)=O)cc2)nc2ccccc12. The van der Waals surface area contributed by atoms with E-state index in [0.29, 0.717) is 23.7 Å². The Kier molecular flexibility index (Phi) is 7.41. The van der Waals surface area contributed by atoms with Crippen LogP contribution in [0.3, 0.4) is 0 Å². The van der Waals surface area contributed by atoms with Crippen molar-refractivity contribution >= 4 is 44.3 Å². The molecule has 0 aliphatic heterocycles. The van der Waals surface area contributed by atoms with Gasteiger partial charge in [-0.05, 0) is 31.0 Å². The summed E-state index contributed by atoms with van der Waals surface area (Å²) in [5, 5.41) is 4.76. The van der Waals surface area contributed by atoms with Crippen molar-refractivity contribution in [1.82, 2.24) is 14.7 Å². The Labute approximate surface area is 180 Å². The molecule has 3 aromatic rings. The third-order valence-corrected chi connectivity index (χ3v) is 5.89. The van der Waals surface area contributed by atoms with Gasteiger partial charge in [0.2, 0.25) is 10.0 Å². The van der Waals surface area contributed by atoms with Gasteiger partial charge in [-0.25, -0.2) is 23.1 Å². The second-order valence-electron chi connectivity index (χ2n) is 6.73. The van der Waals surface area contributed by atoms with Gasteiger partial charge in [-0.2, -0.15) is 0 Å². The second kappa shape index (κ2) is 10.0. The molecule has 0 saturated carbocycles. The van der Waals surface area contributed by atoms with Crippen LogP contribution in [-0.4, -0.2) is 49.3 Å². The molecule has 3 rings (SSSR count). The van der Waals surface area contributed by atoms with Gasteiger partial charge in [0.05, 0.1) is 17.5 Å². The number of anilines is 1. The Hall–Kier alpha value is -2.49. The van der Waals surface area contributed by atoms with Crippen molar-refractivity contribution in [3.63, 3.8) is 0 Å². The molecule has 0 unspecified atom stereocenters. The Balaban J connectivity index is 1.62. The summed E-state index contributed by atoms with van der Waals surface area (Å²) in [5.41, 5.74) is 2.41. The average Bonchev–Trinajstić information content (AvgIpc) is 2.72. The molecule has 1 heterocycles. The number of nitrogens with one attached hydrogen (secondary N) is 2. The number of nitrogens with zero attached hydrogens (tertiary/aromatic N) is 2. The quantitative estimate of drug-likeness (QED) is 0.281. The van der Waals surface area contributed by atoms with Gasteiger partial charge >= 0.3 is 0 Å². The summed E-state index contributed by atoms with van der Waals surface area (Å²) in [4.78, 5) is 21.7. The Morgan fingerprint density at radius 1 is 1.07 bits per heavy atom. The lowest BCUT2D eigenvalue weighted by Crippen LogP contribution is -2.24. The first kappa shape index (κ1) is 22.2. The fourth-order valence-electron chi connectivity index (χ4n) is 2.87. The van der Waals surface area contributed by atoms with Crippen LogP contribution in [-0.2, 0) is 16.4 Å². The van der Waals surface area contributed by atoms with Gasteiger partial charge in [0, 0.05) is 24.0 Å². The third kappa shape index (κ3) is 6.25. The molecule has 0 fully saturated rings. The maximum atomic E-state index is 12.6. The van der Waals surface area contributed by atoms with Crippen LogP contribution in [0.5, 0.6) is 0 Å². The predicted molar refractivity (Wildman–Crippen MR) is 122 cm³/mol. The van der Waals surface area contributed by atoms with E-state index in [1.165, 1.54) is 11.8 Å². The molecule has 0 aliphatic rings. The molecular formula is C21H24N4O3S2. The highest BCUT2D eigenvalue weighted by Crippen LogP contribution is 2.24. The van der Waals surface area contributed by atoms with Gasteiger partial charge in [-0.3, -0.25) is 4.79 Å². The lowest BCUT2D eigenvalue weighted by atomic mass is 10.1. The second-order valence-corrected chi connectivity index (χ2v) is 9.50. The van der Waals surface area contributed by atoms with Crippen molar-refractivity contribution < 1.29 is 13.2 Å². The molecule has 0 amide bonds. The fourth-order valence-corrected chi connectivity index (χ4v) is 4.09. The van der Waals surface area contributed by atoms with Crippen molar-refractivity contribution in [1.29, 1.82) is 0 Å². The molecule has 0 aliphatic carbocycles. The van der Waals surface area contributed by atoms with Gasteiger partial charge in [0.25, 0.3) is 0 Å². The van der Waals surface area contributed by atoms with E-state index < -0.39 is 10.0 Å². The first-order valence-corrected chi connectivity index (χ1v) is 12.4. The molecule has 0 radical (unpaired) electrons. The normalized spacial score (nSPS) is 11.5. The number of hydrogen-bond acceptors (Lipinski definition) is 7. The monoisotopic (exact) mass is 444 g/mol. The van der Waals surface area contributed by atoms with E-state index >= 15 is 0 Å². The maximum absolute atomic E-state index is 12.6. The number of carbonyl (C=O) groups excluding carboxylic acids is 1. The topological polar surface area (TPSA) is 101 Å². The highest BCUT2D eigenvalue weighted by atomic mass is 32.2. The number of benzene rings is 2. The first-order chi connectivity index (χ1) is 14.4. The van der Waals surface area contributed by atoms with Gasteiger partial charge in [0.15, 0.2) is 10.9 Å². The van der Waals surface area contributed by atoms with E-state index in [9.17, 15) is 13.2 Å². The predicted octanol–water partition coefficient (Wildman–Crippen LogP) is 3.13. The van der Waals surface area contributed by atoms with Gasteiger partial charge in [-0.1, -0.05) is 48.2 Å². The molecule has 1 aromatic heterocycles. The average molecular weight is 445 g/mol. The van der Waals surface area contributed by atoms with E-state index in [-0.39, 0.29) is 11.5 Å².